The Bertz CT molecular complexity index is 819. The molecular formula is C18H15BrN2O4. The summed E-state index contributed by atoms with van der Waals surface area (Å²) in [5, 5.41) is 13.5. The Kier molecular flexibility index (Phi) is 6.47. The lowest BCUT2D eigenvalue weighted by Crippen LogP contribution is -2.37. The molecule has 0 aliphatic rings. The predicted molar refractivity (Wildman–Crippen MR) is 96.7 cm³/mol. The maximum atomic E-state index is 12.4. The first kappa shape index (κ1) is 18.4. The second kappa shape index (κ2) is 8.79. The molecular weight excluding hydrogens is 388 g/mol. The Hall–Kier alpha value is -2.93. The number of amides is 2. The average molecular weight is 403 g/mol. The van der Waals surface area contributed by atoms with Crippen LogP contribution in [0.15, 0.2) is 64.8 Å². The van der Waals surface area contributed by atoms with E-state index in [9.17, 15) is 14.4 Å². The van der Waals surface area contributed by atoms with Gasteiger partial charge in [-0.25, -0.2) is 0 Å². The number of nitrogens with one attached hydrogen (secondary N) is 2. The molecule has 0 fully saturated rings. The van der Waals surface area contributed by atoms with Crippen molar-refractivity contribution in [2.45, 2.75) is 0 Å². The van der Waals surface area contributed by atoms with E-state index in [1.54, 1.807) is 48.5 Å². The zero-order valence-corrected chi connectivity index (χ0v) is 14.6. The van der Waals surface area contributed by atoms with Crippen molar-refractivity contribution in [1.82, 2.24) is 10.6 Å². The lowest BCUT2D eigenvalue weighted by molar-refractivity contribution is -0.137. The number of aliphatic carboxylic acids is 1. The first-order valence-corrected chi connectivity index (χ1v) is 8.09. The van der Waals surface area contributed by atoms with Gasteiger partial charge in [0.15, 0.2) is 0 Å². The number of halogens is 1. The van der Waals surface area contributed by atoms with Crippen LogP contribution in [0.25, 0.3) is 6.08 Å². The van der Waals surface area contributed by atoms with Gasteiger partial charge in [0.25, 0.3) is 11.8 Å². The van der Waals surface area contributed by atoms with E-state index < -0.39 is 24.3 Å². The lowest BCUT2D eigenvalue weighted by Gasteiger charge is -2.11. The summed E-state index contributed by atoms with van der Waals surface area (Å²) in [7, 11) is 0. The average Bonchev–Trinajstić information content (AvgIpc) is 2.60. The largest absolute Gasteiger partial charge is 0.480 e. The molecule has 0 bridgehead atoms. The molecule has 0 spiro atoms. The van der Waals surface area contributed by atoms with Crippen molar-refractivity contribution >= 4 is 39.8 Å². The molecule has 6 nitrogen and oxygen atoms in total. The standard InChI is InChI=1S/C18H15BrN2O4/c19-14-9-5-4-8-13(14)17(24)21-15(18(25)20-11-16(22)23)10-12-6-2-1-3-7-12/h1-10H,11H2,(H,20,25)(H,21,24)(H,22,23). The van der Waals surface area contributed by atoms with Crippen LogP contribution in [0.1, 0.15) is 15.9 Å². The van der Waals surface area contributed by atoms with E-state index >= 15 is 0 Å². The molecule has 2 aromatic rings. The first-order valence-electron chi connectivity index (χ1n) is 7.30. The summed E-state index contributed by atoms with van der Waals surface area (Å²) < 4.78 is 0.581. The minimum atomic E-state index is -1.18. The zero-order valence-electron chi connectivity index (χ0n) is 13.0. The van der Waals surface area contributed by atoms with Gasteiger partial charge in [0.2, 0.25) is 0 Å². The number of carbonyl (C=O) groups is 3. The number of carboxylic acids is 1. The summed E-state index contributed by atoms with van der Waals surface area (Å²) in [6.07, 6.45) is 1.48. The molecule has 128 valence electrons. The molecule has 7 heteroatoms. The van der Waals surface area contributed by atoms with Crippen molar-refractivity contribution in [2.24, 2.45) is 0 Å². The van der Waals surface area contributed by atoms with Crippen LogP contribution >= 0.6 is 15.9 Å². The zero-order chi connectivity index (χ0) is 18.2. The maximum Gasteiger partial charge on any atom is 0.322 e. The second-order valence-corrected chi connectivity index (χ2v) is 5.83. The van der Waals surface area contributed by atoms with E-state index in [0.717, 1.165) is 0 Å². The molecule has 0 atom stereocenters. The number of benzene rings is 2. The van der Waals surface area contributed by atoms with Gasteiger partial charge < -0.3 is 15.7 Å². The predicted octanol–water partition coefficient (Wildman–Crippen LogP) is 2.42. The van der Waals surface area contributed by atoms with Gasteiger partial charge in [-0.2, -0.15) is 0 Å². The smallest absolute Gasteiger partial charge is 0.322 e. The molecule has 2 amide bonds. The highest BCUT2D eigenvalue weighted by atomic mass is 79.9. The molecule has 25 heavy (non-hydrogen) atoms. The molecule has 0 saturated heterocycles. The lowest BCUT2D eigenvalue weighted by atomic mass is 10.1. The van der Waals surface area contributed by atoms with Crippen LogP contribution < -0.4 is 10.6 Å². The minimum absolute atomic E-state index is 0.0480. The summed E-state index contributed by atoms with van der Waals surface area (Å²) in [6.45, 7) is -0.546. The monoisotopic (exact) mass is 402 g/mol. The summed E-state index contributed by atoms with van der Waals surface area (Å²) in [4.78, 5) is 35.3. The van der Waals surface area contributed by atoms with Gasteiger partial charge in [0, 0.05) is 4.47 Å². The highest BCUT2D eigenvalue weighted by Crippen LogP contribution is 2.16. The van der Waals surface area contributed by atoms with Crippen LogP contribution in [-0.4, -0.2) is 29.4 Å². The van der Waals surface area contributed by atoms with E-state index in [-0.39, 0.29) is 5.70 Å². The van der Waals surface area contributed by atoms with Crippen molar-refractivity contribution in [2.75, 3.05) is 6.54 Å². The molecule has 0 aromatic heterocycles. The van der Waals surface area contributed by atoms with Crippen LogP contribution in [0.4, 0.5) is 0 Å². The van der Waals surface area contributed by atoms with Crippen LogP contribution in [0.5, 0.6) is 0 Å². The van der Waals surface area contributed by atoms with E-state index in [4.69, 9.17) is 5.11 Å². The molecule has 0 aliphatic heterocycles. The fourth-order valence-corrected chi connectivity index (χ4v) is 2.43. The van der Waals surface area contributed by atoms with Gasteiger partial charge >= 0.3 is 5.97 Å². The Morgan fingerprint density at radius 1 is 1.00 bits per heavy atom. The summed E-state index contributed by atoms with van der Waals surface area (Å²) in [6, 6.07) is 15.7. The molecule has 3 N–H and O–H groups in total. The Balaban J connectivity index is 2.26. The Morgan fingerprint density at radius 2 is 1.64 bits per heavy atom. The highest BCUT2D eigenvalue weighted by Gasteiger charge is 2.16. The van der Waals surface area contributed by atoms with Crippen LogP contribution in [0.3, 0.4) is 0 Å². The first-order chi connectivity index (χ1) is 12.0. The van der Waals surface area contributed by atoms with Crippen LogP contribution in [-0.2, 0) is 9.59 Å². The summed E-state index contributed by atoms with van der Waals surface area (Å²) >= 11 is 3.28. The van der Waals surface area contributed by atoms with Crippen molar-refractivity contribution in [1.29, 1.82) is 0 Å². The fourth-order valence-electron chi connectivity index (χ4n) is 1.96. The third-order valence-electron chi connectivity index (χ3n) is 3.12. The van der Waals surface area contributed by atoms with Crippen LogP contribution in [0, 0.1) is 0 Å². The van der Waals surface area contributed by atoms with Gasteiger partial charge in [-0.3, -0.25) is 14.4 Å². The van der Waals surface area contributed by atoms with Crippen molar-refractivity contribution < 1.29 is 19.5 Å². The van der Waals surface area contributed by atoms with Gasteiger partial charge in [-0.15, -0.1) is 0 Å². The third kappa shape index (κ3) is 5.58. The summed E-state index contributed by atoms with van der Waals surface area (Å²) in [5.41, 5.74) is 0.996. The number of carboxylic acid groups (broad SMARTS) is 1. The Labute approximate surface area is 152 Å². The third-order valence-corrected chi connectivity index (χ3v) is 3.81. The van der Waals surface area contributed by atoms with Crippen LogP contribution in [0.2, 0.25) is 0 Å². The fraction of sp³-hybridized carbons (Fsp3) is 0.0556. The number of hydrogen-bond donors (Lipinski definition) is 3. The van der Waals surface area contributed by atoms with Gasteiger partial charge in [-0.1, -0.05) is 42.5 Å². The van der Waals surface area contributed by atoms with Gasteiger partial charge in [0.05, 0.1) is 5.56 Å². The summed E-state index contributed by atoms with van der Waals surface area (Å²) in [5.74, 6) is -2.35. The molecule has 0 unspecified atom stereocenters. The Morgan fingerprint density at radius 3 is 2.28 bits per heavy atom. The molecule has 2 aromatic carbocycles. The van der Waals surface area contributed by atoms with Crippen molar-refractivity contribution in [3.05, 3.63) is 75.9 Å². The molecule has 2 rings (SSSR count). The highest BCUT2D eigenvalue weighted by molar-refractivity contribution is 9.10. The normalized spacial score (nSPS) is 10.8. The number of rotatable bonds is 6. The number of carbonyl (C=O) groups excluding carboxylic acids is 2. The maximum absolute atomic E-state index is 12.4. The van der Waals surface area contributed by atoms with Crippen molar-refractivity contribution in [3.8, 4) is 0 Å². The molecule has 0 heterocycles. The molecule has 0 aliphatic carbocycles. The van der Waals surface area contributed by atoms with E-state index in [0.29, 0.717) is 15.6 Å². The van der Waals surface area contributed by atoms with E-state index in [1.165, 1.54) is 6.08 Å². The second-order valence-electron chi connectivity index (χ2n) is 4.98. The molecule has 0 saturated carbocycles. The van der Waals surface area contributed by atoms with Crippen molar-refractivity contribution in [3.63, 3.8) is 0 Å². The van der Waals surface area contributed by atoms with E-state index in [1.807, 2.05) is 6.07 Å². The topological polar surface area (TPSA) is 95.5 Å². The quantitative estimate of drug-likeness (QED) is 0.646. The SMILES string of the molecule is O=C(O)CNC(=O)C(=Cc1ccccc1)NC(=O)c1ccccc1Br. The minimum Gasteiger partial charge on any atom is -0.480 e. The number of hydrogen-bond acceptors (Lipinski definition) is 3. The van der Waals surface area contributed by atoms with Gasteiger partial charge in [-0.05, 0) is 39.7 Å². The van der Waals surface area contributed by atoms with Gasteiger partial charge in [0.1, 0.15) is 12.2 Å². The van der Waals surface area contributed by atoms with E-state index in [2.05, 4.69) is 26.6 Å². The molecule has 0 radical (unpaired) electrons.